The highest BCUT2D eigenvalue weighted by atomic mass is 32.2. The molecule has 0 amide bonds. The van der Waals surface area contributed by atoms with E-state index in [2.05, 4.69) is 0 Å². The second kappa shape index (κ2) is 6.90. The summed E-state index contributed by atoms with van der Waals surface area (Å²) < 4.78 is 51.4. The van der Waals surface area contributed by atoms with Gasteiger partial charge in [0.25, 0.3) is 10.1 Å². The monoisotopic (exact) mass is 273 g/mol. The molecule has 0 saturated carbocycles. The van der Waals surface area contributed by atoms with Crippen molar-refractivity contribution in [2.75, 3.05) is 6.61 Å². The van der Waals surface area contributed by atoms with Crippen LogP contribution in [0.15, 0.2) is 29.2 Å². The van der Waals surface area contributed by atoms with E-state index in [1.807, 2.05) is 13.8 Å². The van der Waals surface area contributed by atoms with Gasteiger partial charge in [-0.15, -0.1) is 0 Å². The highest BCUT2D eigenvalue weighted by molar-refractivity contribution is 7.86. The summed E-state index contributed by atoms with van der Waals surface area (Å²) in [4.78, 5) is 0.0490. The maximum absolute atomic E-state index is 12.0. The van der Waals surface area contributed by atoms with Crippen LogP contribution >= 0.6 is 0 Å². The third kappa shape index (κ3) is 4.78. The van der Waals surface area contributed by atoms with Crippen molar-refractivity contribution < 1.29 is 16.7 Å². The first kappa shape index (κ1) is 11.0. The fourth-order valence-corrected chi connectivity index (χ4v) is 2.43. The predicted molar refractivity (Wildman–Crippen MR) is 73.0 cm³/mol. The van der Waals surface area contributed by atoms with Gasteiger partial charge in [-0.2, -0.15) is 8.42 Å². The van der Waals surface area contributed by atoms with E-state index >= 15 is 0 Å². The molecule has 0 spiro atoms. The quantitative estimate of drug-likeness (QED) is 0.714. The summed E-state index contributed by atoms with van der Waals surface area (Å²) in [5.74, 6) is -0.766. The van der Waals surface area contributed by atoms with Crippen LogP contribution in [0.5, 0.6) is 0 Å². The average Bonchev–Trinajstić information content (AvgIpc) is 2.37. The molecular formula is C14H22O3S. The van der Waals surface area contributed by atoms with Crippen LogP contribution in [0.2, 0.25) is 0 Å². The summed E-state index contributed by atoms with van der Waals surface area (Å²) in [7, 11) is -3.91. The molecule has 1 rings (SSSR count). The van der Waals surface area contributed by atoms with Crippen molar-refractivity contribution in [1.29, 1.82) is 0 Å². The number of rotatable bonds is 7. The van der Waals surface area contributed by atoms with Crippen molar-refractivity contribution in [3.05, 3.63) is 29.8 Å². The number of hydrogen-bond donors (Lipinski definition) is 0. The Balaban J connectivity index is 2.76. The Kier molecular flexibility index (Phi) is 4.22. The first-order chi connectivity index (χ1) is 9.66. The van der Waals surface area contributed by atoms with Gasteiger partial charge in [-0.05, 0) is 31.4 Å². The summed E-state index contributed by atoms with van der Waals surface area (Å²) in [6, 6.07) is 6.27. The van der Waals surface area contributed by atoms with Crippen LogP contribution in [0, 0.1) is 12.8 Å². The first-order valence-corrected chi connectivity index (χ1v) is 7.53. The molecule has 0 aliphatic carbocycles. The van der Waals surface area contributed by atoms with Crippen molar-refractivity contribution >= 4 is 10.1 Å². The summed E-state index contributed by atoms with van der Waals surface area (Å²) >= 11 is 0. The molecule has 18 heavy (non-hydrogen) atoms. The van der Waals surface area contributed by atoms with Gasteiger partial charge in [0.15, 0.2) is 0 Å². The average molecular weight is 273 g/mol. The largest absolute Gasteiger partial charge is 0.296 e. The van der Waals surface area contributed by atoms with Crippen LogP contribution in [0.1, 0.15) is 42.7 Å². The second-order valence-corrected chi connectivity index (χ2v) is 6.01. The fourth-order valence-electron chi connectivity index (χ4n) is 1.48. The predicted octanol–water partition coefficient (Wildman–Crippen LogP) is 3.53. The summed E-state index contributed by atoms with van der Waals surface area (Å²) in [5.41, 5.74) is 0.942. The highest BCUT2D eigenvalue weighted by Crippen LogP contribution is 2.16. The molecule has 1 atom stereocenters. The van der Waals surface area contributed by atoms with Gasteiger partial charge >= 0.3 is 0 Å². The Morgan fingerprint density at radius 3 is 2.56 bits per heavy atom. The standard InChI is InChI=1S/C14H22O3S/c1-4-5-6-13(3)11-17-18(15,16)14-9-7-12(2)8-10-14/h7-10,13H,4-6,11H2,1-3H3/t13-/m0/s1/i3D3. The molecule has 0 saturated heterocycles. The molecule has 0 bridgehead atoms. The Labute approximate surface area is 115 Å². The molecule has 1 aromatic carbocycles. The zero-order chi connectivity index (χ0) is 16.1. The number of benzene rings is 1. The Morgan fingerprint density at radius 1 is 1.33 bits per heavy atom. The minimum absolute atomic E-state index is 0.0490. The minimum atomic E-state index is -3.91. The lowest BCUT2D eigenvalue weighted by Crippen LogP contribution is -2.12. The van der Waals surface area contributed by atoms with Gasteiger partial charge in [-0.1, -0.05) is 44.3 Å². The molecule has 0 fully saturated rings. The van der Waals surface area contributed by atoms with E-state index in [1.165, 1.54) is 12.1 Å². The van der Waals surface area contributed by atoms with E-state index in [-0.39, 0.29) is 11.5 Å². The van der Waals surface area contributed by atoms with Crippen molar-refractivity contribution in [3.63, 3.8) is 0 Å². The van der Waals surface area contributed by atoms with E-state index in [0.717, 1.165) is 18.4 Å². The molecule has 102 valence electrons. The normalized spacial score (nSPS) is 16.7. The molecule has 0 aliphatic rings. The molecule has 0 unspecified atom stereocenters. The number of aryl methyl sites for hydroxylation is 1. The van der Waals surface area contributed by atoms with Crippen molar-refractivity contribution in [1.82, 2.24) is 0 Å². The zero-order valence-corrected chi connectivity index (χ0v) is 11.7. The zero-order valence-electron chi connectivity index (χ0n) is 13.8. The highest BCUT2D eigenvalue weighted by Gasteiger charge is 2.16. The Bertz CT molecular complexity index is 536. The van der Waals surface area contributed by atoms with Gasteiger partial charge in [0.1, 0.15) is 0 Å². The maximum Gasteiger partial charge on any atom is 0.296 e. The van der Waals surface area contributed by atoms with E-state index in [1.54, 1.807) is 12.1 Å². The molecule has 0 radical (unpaired) electrons. The number of hydrogen-bond acceptors (Lipinski definition) is 3. The molecule has 0 heterocycles. The van der Waals surface area contributed by atoms with Crippen LogP contribution in [-0.4, -0.2) is 15.0 Å². The van der Waals surface area contributed by atoms with Crippen molar-refractivity contribution in [2.24, 2.45) is 5.92 Å². The fraction of sp³-hybridized carbons (Fsp3) is 0.571. The lowest BCUT2D eigenvalue weighted by molar-refractivity contribution is 0.254. The van der Waals surface area contributed by atoms with Crippen molar-refractivity contribution in [2.45, 2.75) is 44.9 Å². The van der Waals surface area contributed by atoms with Gasteiger partial charge in [0.05, 0.1) is 11.5 Å². The van der Waals surface area contributed by atoms with Crippen LogP contribution in [0.3, 0.4) is 0 Å². The minimum Gasteiger partial charge on any atom is -0.266 e. The summed E-state index contributed by atoms with van der Waals surface area (Å²) in [5, 5.41) is 0. The van der Waals surface area contributed by atoms with Crippen LogP contribution in [0.4, 0.5) is 0 Å². The van der Waals surface area contributed by atoms with Gasteiger partial charge in [-0.25, -0.2) is 0 Å². The summed E-state index contributed by atoms with van der Waals surface area (Å²) in [6.07, 6.45) is 2.02. The Hall–Kier alpha value is -0.870. The summed E-state index contributed by atoms with van der Waals surface area (Å²) in [6.45, 7) is 1.29. The molecule has 0 N–H and O–H groups in total. The van der Waals surface area contributed by atoms with Gasteiger partial charge < -0.3 is 0 Å². The van der Waals surface area contributed by atoms with E-state index in [4.69, 9.17) is 8.30 Å². The van der Waals surface area contributed by atoms with E-state index in [9.17, 15) is 8.42 Å². The lowest BCUT2D eigenvalue weighted by Gasteiger charge is -2.11. The SMILES string of the molecule is [2H]C([2H])([2H])[C@@H](CCCC)COS(=O)(=O)c1ccc(C)cc1. The molecular weight excluding hydrogens is 248 g/mol. The van der Waals surface area contributed by atoms with Crippen molar-refractivity contribution in [3.8, 4) is 0 Å². The smallest absolute Gasteiger partial charge is 0.266 e. The molecule has 3 nitrogen and oxygen atoms in total. The third-order valence-corrected chi connectivity index (χ3v) is 3.94. The third-order valence-electron chi connectivity index (χ3n) is 2.64. The molecule has 0 aliphatic heterocycles. The lowest BCUT2D eigenvalue weighted by atomic mass is 10.1. The van der Waals surface area contributed by atoms with Crippen LogP contribution in [-0.2, 0) is 14.3 Å². The van der Waals surface area contributed by atoms with E-state index < -0.39 is 22.9 Å². The van der Waals surface area contributed by atoms with Gasteiger partial charge in [0.2, 0.25) is 0 Å². The maximum atomic E-state index is 12.0. The molecule has 1 aromatic rings. The van der Waals surface area contributed by atoms with Crippen LogP contribution < -0.4 is 0 Å². The first-order valence-electron chi connectivity index (χ1n) is 7.63. The second-order valence-electron chi connectivity index (χ2n) is 4.39. The van der Waals surface area contributed by atoms with Crippen LogP contribution in [0.25, 0.3) is 0 Å². The Morgan fingerprint density at radius 2 is 2.00 bits per heavy atom. The van der Waals surface area contributed by atoms with E-state index in [0.29, 0.717) is 6.42 Å². The number of unbranched alkanes of at least 4 members (excludes halogenated alkanes) is 1. The van der Waals surface area contributed by atoms with Gasteiger partial charge in [-0.3, -0.25) is 4.18 Å². The molecule has 0 aromatic heterocycles. The van der Waals surface area contributed by atoms with Gasteiger partial charge in [0, 0.05) is 4.11 Å². The topological polar surface area (TPSA) is 43.4 Å². The molecule has 4 heteroatoms.